The van der Waals surface area contributed by atoms with E-state index in [0.29, 0.717) is 19.4 Å². The summed E-state index contributed by atoms with van der Waals surface area (Å²) in [6, 6.07) is 0. The minimum Gasteiger partial charge on any atom is -0.469 e. The molecule has 0 aliphatic carbocycles. The molecule has 1 fully saturated rings. The van der Waals surface area contributed by atoms with Crippen molar-refractivity contribution in [1.82, 2.24) is 5.32 Å². The van der Waals surface area contributed by atoms with Crippen LogP contribution in [0.5, 0.6) is 0 Å². The molecule has 70 valence electrons. The first-order chi connectivity index (χ1) is 5.66. The van der Waals surface area contributed by atoms with Crippen LogP contribution >= 0.6 is 0 Å². The third-order valence-corrected chi connectivity index (χ3v) is 2.24. The minimum atomic E-state index is -0.686. The Bertz CT molecular complexity index is 164. The molecule has 0 amide bonds. The monoisotopic (exact) mass is 173 g/mol. The number of nitrogens with one attached hydrogen (secondary N) is 1. The maximum Gasteiger partial charge on any atom is 0.305 e. The molecule has 0 aromatic rings. The smallest absolute Gasteiger partial charge is 0.305 e. The van der Waals surface area contributed by atoms with Gasteiger partial charge in [-0.3, -0.25) is 4.79 Å². The molecule has 1 saturated heterocycles. The quantitative estimate of drug-likeness (QED) is 0.573. The van der Waals surface area contributed by atoms with Crippen molar-refractivity contribution >= 4 is 5.97 Å². The molecule has 0 aromatic heterocycles. The number of hydrogen-bond acceptors (Lipinski definition) is 4. The van der Waals surface area contributed by atoms with E-state index in [1.54, 1.807) is 0 Å². The molecule has 1 aliphatic rings. The minimum absolute atomic E-state index is 0.254. The van der Waals surface area contributed by atoms with Crippen molar-refractivity contribution in [2.45, 2.75) is 24.9 Å². The molecule has 1 heterocycles. The highest BCUT2D eigenvalue weighted by molar-refractivity contribution is 5.69. The highest BCUT2D eigenvalue weighted by atomic mass is 16.5. The van der Waals surface area contributed by atoms with Gasteiger partial charge in [-0.25, -0.2) is 0 Å². The number of hydrogen-bond donors (Lipinski definition) is 2. The zero-order chi connectivity index (χ0) is 9.03. The van der Waals surface area contributed by atoms with Gasteiger partial charge >= 0.3 is 5.97 Å². The molecule has 0 radical (unpaired) electrons. The van der Waals surface area contributed by atoms with Crippen LogP contribution < -0.4 is 5.32 Å². The van der Waals surface area contributed by atoms with Gasteiger partial charge in [0.05, 0.1) is 12.7 Å². The average molecular weight is 173 g/mol. The molecule has 12 heavy (non-hydrogen) atoms. The van der Waals surface area contributed by atoms with Crippen LogP contribution in [0.2, 0.25) is 0 Å². The fourth-order valence-electron chi connectivity index (χ4n) is 1.38. The van der Waals surface area contributed by atoms with E-state index in [9.17, 15) is 9.90 Å². The molecule has 0 aromatic carbocycles. The Morgan fingerprint density at radius 2 is 2.50 bits per heavy atom. The highest BCUT2D eigenvalue weighted by Gasteiger charge is 2.31. The summed E-state index contributed by atoms with van der Waals surface area (Å²) < 4.78 is 4.48. The zero-order valence-electron chi connectivity index (χ0n) is 7.30. The highest BCUT2D eigenvalue weighted by Crippen LogP contribution is 2.20. The van der Waals surface area contributed by atoms with Crippen molar-refractivity contribution in [2.75, 3.05) is 20.2 Å². The molecule has 4 nitrogen and oxygen atoms in total. The Hall–Kier alpha value is -0.610. The van der Waals surface area contributed by atoms with Crippen LogP contribution in [0.15, 0.2) is 0 Å². The van der Waals surface area contributed by atoms with Gasteiger partial charge in [-0.2, -0.15) is 0 Å². The molecule has 1 unspecified atom stereocenters. The van der Waals surface area contributed by atoms with Crippen LogP contribution in [0.3, 0.4) is 0 Å². The topological polar surface area (TPSA) is 58.6 Å². The molecule has 1 aliphatic heterocycles. The van der Waals surface area contributed by atoms with Crippen LogP contribution in [-0.2, 0) is 9.53 Å². The molecule has 0 bridgehead atoms. The van der Waals surface area contributed by atoms with Crippen molar-refractivity contribution in [1.29, 1.82) is 0 Å². The Morgan fingerprint density at radius 3 is 3.00 bits per heavy atom. The molecule has 4 heteroatoms. The summed E-state index contributed by atoms with van der Waals surface area (Å²) in [5.74, 6) is -0.254. The lowest BCUT2D eigenvalue weighted by molar-refractivity contribution is -0.141. The van der Waals surface area contributed by atoms with Crippen LogP contribution in [0.1, 0.15) is 19.3 Å². The summed E-state index contributed by atoms with van der Waals surface area (Å²) >= 11 is 0. The van der Waals surface area contributed by atoms with Crippen LogP contribution in [0.4, 0.5) is 0 Å². The standard InChI is InChI=1S/C8H15NO3/c1-12-7(10)2-3-8(11)4-5-9-6-8/h9,11H,2-6H2,1H3. The van der Waals surface area contributed by atoms with E-state index < -0.39 is 5.60 Å². The van der Waals surface area contributed by atoms with Crippen molar-refractivity contribution in [3.8, 4) is 0 Å². The summed E-state index contributed by atoms with van der Waals surface area (Å²) in [5, 5.41) is 12.8. The van der Waals surface area contributed by atoms with E-state index in [2.05, 4.69) is 10.1 Å². The third-order valence-electron chi connectivity index (χ3n) is 2.24. The number of rotatable bonds is 3. The van der Waals surface area contributed by atoms with Crippen LogP contribution in [-0.4, -0.2) is 36.9 Å². The number of carbonyl (C=O) groups is 1. The van der Waals surface area contributed by atoms with Gasteiger partial charge in [0.25, 0.3) is 0 Å². The van der Waals surface area contributed by atoms with Gasteiger partial charge in [-0.05, 0) is 19.4 Å². The first kappa shape index (κ1) is 9.48. The number of aliphatic hydroxyl groups is 1. The van der Waals surface area contributed by atoms with E-state index in [-0.39, 0.29) is 5.97 Å². The van der Waals surface area contributed by atoms with Gasteiger partial charge in [0, 0.05) is 13.0 Å². The van der Waals surface area contributed by atoms with Gasteiger partial charge in [-0.15, -0.1) is 0 Å². The van der Waals surface area contributed by atoms with Gasteiger partial charge in [0.2, 0.25) is 0 Å². The fourth-order valence-corrected chi connectivity index (χ4v) is 1.38. The van der Waals surface area contributed by atoms with Gasteiger partial charge in [0.1, 0.15) is 0 Å². The Kier molecular flexibility index (Phi) is 3.05. The van der Waals surface area contributed by atoms with Gasteiger partial charge in [0.15, 0.2) is 0 Å². The van der Waals surface area contributed by atoms with Gasteiger partial charge < -0.3 is 15.2 Å². The number of esters is 1. The molecule has 0 saturated carbocycles. The maximum atomic E-state index is 10.8. The van der Waals surface area contributed by atoms with E-state index in [4.69, 9.17) is 0 Å². The normalized spacial score (nSPS) is 28.8. The number of β-amino-alcohol motifs (C(OH)–C–C–N with tert-alkyl or cyclic N) is 1. The zero-order valence-corrected chi connectivity index (χ0v) is 7.30. The lowest BCUT2D eigenvalue weighted by Crippen LogP contribution is -2.31. The second-order valence-corrected chi connectivity index (χ2v) is 3.23. The lowest BCUT2D eigenvalue weighted by atomic mass is 9.97. The van der Waals surface area contributed by atoms with E-state index in [0.717, 1.165) is 13.0 Å². The summed E-state index contributed by atoms with van der Waals surface area (Å²) in [6.07, 6.45) is 1.52. The molecule has 1 atom stereocenters. The average Bonchev–Trinajstić information content (AvgIpc) is 2.49. The fraction of sp³-hybridized carbons (Fsp3) is 0.875. The predicted molar refractivity (Wildman–Crippen MR) is 43.7 cm³/mol. The number of methoxy groups -OCH3 is 1. The second kappa shape index (κ2) is 3.87. The Morgan fingerprint density at radius 1 is 1.75 bits per heavy atom. The SMILES string of the molecule is COC(=O)CCC1(O)CCNC1. The van der Waals surface area contributed by atoms with Gasteiger partial charge in [-0.1, -0.05) is 0 Å². The molecular formula is C8H15NO3. The number of carbonyl (C=O) groups excluding carboxylic acids is 1. The molecule has 0 spiro atoms. The first-order valence-electron chi connectivity index (χ1n) is 4.16. The lowest BCUT2D eigenvalue weighted by Gasteiger charge is -2.19. The Balaban J connectivity index is 2.25. The third kappa shape index (κ3) is 2.46. The number of ether oxygens (including phenoxy) is 1. The van der Waals surface area contributed by atoms with E-state index in [1.165, 1.54) is 7.11 Å². The summed E-state index contributed by atoms with van der Waals surface area (Å²) in [6.45, 7) is 1.42. The summed E-state index contributed by atoms with van der Waals surface area (Å²) in [5.41, 5.74) is -0.686. The van der Waals surface area contributed by atoms with Crippen LogP contribution in [0, 0.1) is 0 Å². The second-order valence-electron chi connectivity index (χ2n) is 3.23. The van der Waals surface area contributed by atoms with Crippen molar-refractivity contribution in [3.63, 3.8) is 0 Å². The van der Waals surface area contributed by atoms with E-state index >= 15 is 0 Å². The van der Waals surface area contributed by atoms with Crippen molar-refractivity contribution in [3.05, 3.63) is 0 Å². The Labute approximate surface area is 71.9 Å². The largest absolute Gasteiger partial charge is 0.469 e. The first-order valence-corrected chi connectivity index (χ1v) is 4.16. The van der Waals surface area contributed by atoms with Crippen molar-refractivity contribution < 1.29 is 14.6 Å². The van der Waals surface area contributed by atoms with E-state index in [1.807, 2.05) is 0 Å². The predicted octanol–water partition coefficient (Wildman–Crippen LogP) is -0.336. The summed E-state index contributed by atoms with van der Waals surface area (Å²) in [7, 11) is 1.36. The van der Waals surface area contributed by atoms with Crippen LogP contribution in [0.25, 0.3) is 0 Å². The molecule has 1 rings (SSSR count). The molecular weight excluding hydrogens is 158 g/mol. The van der Waals surface area contributed by atoms with Crippen molar-refractivity contribution in [2.24, 2.45) is 0 Å². The molecule has 2 N–H and O–H groups in total. The maximum absolute atomic E-state index is 10.8. The summed E-state index contributed by atoms with van der Waals surface area (Å²) in [4.78, 5) is 10.8.